The maximum absolute atomic E-state index is 12.3. The van der Waals surface area contributed by atoms with E-state index in [-0.39, 0.29) is 17.9 Å². The monoisotopic (exact) mass is 393 g/mol. The number of carbonyl (C=O) groups excluding carboxylic acids is 1. The number of nitrogens with zero attached hydrogens (tertiary/aromatic N) is 1. The predicted molar refractivity (Wildman–Crippen MR) is 122 cm³/mol. The third-order valence-electron chi connectivity index (χ3n) is 4.45. The van der Waals surface area contributed by atoms with Crippen LogP contribution in [0.4, 0.5) is 0 Å². The average Bonchev–Trinajstić information content (AvgIpc) is 2.80. The number of rotatable bonds is 4. The van der Waals surface area contributed by atoms with Crippen molar-refractivity contribution in [1.82, 2.24) is 10.2 Å². The molecule has 0 aromatic heterocycles. The van der Waals surface area contributed by atoms with Crippen molar-refractivity contribution >= 4 is 17.9 Å². The minimum Gasteiger partial charge on any atom is -0.328 e. The molecule has 3 aromatic rings. The molecule has 0 aliphatic rings. The minimum atomic E-state index is -0.377. The molecule has 0 aliphatic heterocycles. The Morgan fingerprint density at radius 3 is 2.13 bits per heavy atom. The molecule has 148 valence electrons. The van der Waals surface area contributed by atoms with E-state index in [0.29, 0.717) is 0 Å². The molecule has 1 unspecified atom stereocenters. The Labute approximate surface area is 177 Å². The normalized spacial score (nSPS) is 11.2. The quantitative estimate of drug-likeness (QED) is 0.297. The Kier molecular flexibility index (Phi) is 7.18. The van der Waals surface area contributed by atoms with Crippen molar-refractivity contribution in [2.75, 3.05) is 7.05 Å². The van der Waals surface area contributed by atoms with E-state index < -0.39 is 0 Å². The smallest absolute Gasteiger partial charge is 0.250 e. The van der Waals surface area contributed by atoms with Gasteiger partial charge in [0.15, 0.2) is 5.96 Å². The van der Waals surface area contributed by atoms with Crippen molar-refractivity contribution in [1.29, 1.82) is 5.41 Å². The number of amides is 1. The molecular weight excluding hydrogens is 370 g/mol. The average molecular weight is 393 g/mol. The summed E-state index contributed by atoms with van der Waals surface area (Å²) in [5.74, 6) is 6.01. The third-order valence-corrected chi connectivity index (χ3v) is 4.45. The molecule has 0 radical (unpaired) electrons. The topological polar surface area (TPSA) is 56.2 Å². The van der Waals surface area contributed by atoms with Crippen molar-refractivity contribution in [2.45, 2.75) is 6.04 Å². The van der Waals surface area contributed by atoms with Crippen LogP contribution in [0.2, 0.25) is 0 Å². The summed E-state index contributed by atoms with van der Waals surface area (Å²) in [7, 11) is 1.75. The first-order valence-electron chi connectivity index (χ1n) is 9.60. The van der Waals surface area contributed by atoms with Crippen LogP contribution in [0.15, 0.2) is 97.1 Å². The largest absolute Gasteiger partial charge is 0.328 e. The van der Waals surface area contributed by atoms with E-state index in [1.807, 2.05) is 91.0 Å². The second kappa shape index (κ2) is 10.4. The molecule has 1 atom stereocenters. The molecule has 2 N–H and O–H groups in total. The minimum absolute atomic E-state index is 0.0195. The molecule has 1 amide bonds. The lowest BCUT2D eigenvalue weighted by molar-refractivity contribution is -0.115. The van der Waals surface area contributed by atoms with Gasteiger partial charge in [0.05, 0.1) is 0 Å². The summed E-state index contributed by atoms with van der Waals surface area (Å²) in [6.45, 7) is 0. The Balaban J connectivity index is 1.74. The number of guanidine groups is 1. The lowest BCUT2D eigenvalue weighted by Gasteiger charge is -2.26. The number of benzene rings is 3. The molecule has 0 heterocycles. The van der Waals surface area contributed by atoms with Gasteiger partial charge < -0.3 is 4.90 Å². The Bertz CT molecular complexity index is 1060. The van der Waals surface area contributed by atoms with Gasteiger partial charge in [0.25, 0.3) is 5.91 Å². The number of carbonyl (C=O) groups is 1. The van der Waals surface area contributed by atoms with Gasteiger partial charge in [-0.05, 0) is 29.3 Å². The lowest BCUT2D eigenvalue weighted by atomic mass is 10.1. The fourth-order valence-corrected chi connectivity index (χ4v) is 2.82. The highest BCUT2D eigenvalue weighted by atomic mass is 16.1. The fraction of sp³-hybridized carbons (Fsp3) is 0.0769. The van der Waals surface area contributed by atoms with Gasteiger partial charge in [-0.3, -0.25) is 15.5 Å². The highest BCUT2D eigenvalue weighted by Gasteiger charge is 2.18. The maximum Gasteiger partial charge on any atom is 0.250 e. The van der Waals surface area contributed by atoms with E-state index >= 15 is 0 Å². The van der Waals surface area contributed by atoms with Crippen LogP contribution in [0.25, 0.3) is 6.08 Å². The molecule has 4 heteroatoms. The van der Waals surface area contributed by atoms with Gasteiger partial charge >= 0.3 is 0 Å². The van der Waals surface area contributed by atoms with Crippen LogP contribution in [0.1, 0.15) is 22.7 Å². The molecule has 0 spiro atoms. The van der Waals surface area contributed by atoms with E-state index in [4.69, 9.17) is 5.41 Å². The third kappa shape index (κ3) is 5.95. The Morgan fingerprint density at radius 2 is 1.50 bits per heavy atom. The summed E-state index contributed by atoms with van der Waals surface area (Å²) < 4.78 is 0. The van der Waals surface area contributed by atoms with Gasteiger partial charge in [-0.2, -0.15) is 0 Å². The molecule has 0 bridgehead atoms. The molecule has 3 aromatic carbocycles. The van der Waals surface area contributed by atoms with Crippen molar-refractivity contribution in [3.8, 4) is 11.8 Å². The Hall–Kier alpha value is -4.10. The summed E-state index contributed by atoms with van der Waals surface area (Å²) in [6.07, 6.45) is 3.14. The first-order chi connectivity index (χ1) is 14.6. The lowest BCUT2D eigenvalue weighted by Crippen LogP contribution is -2.42. The van der Waals surface area contributed by atoms with Crippen LogP contribution in [0, 0.1) is 17.3 Å². The van der Waals surface area contributed by atoms with Crippen LogP contribution >= 0.6 is 0 Å². The van der Waals surface area contributed by atoms with E-state index in [1.54, 1.807) is 18.0 Å². The van der Waals surface area contributed by atoms with E-state index in [2.05, 4.69) is 17.2 Å². The molecule has 0 fully saturated rings. The van der Waals surface area contributed by atoms with Crippen LogP contribution in [-0.4, -0.2) is 23.8 Å². The first kappa shape index (κ1) is 20.6. The highest BCUT2D eigenvalue weighted by molar-refractivity contribution is 6.03. The Morgan fingerprint density at radius 1 is 0.933 bits per heavy atom. The van der Waals surface area contributed by atoms with Crippen LogP contribution < -0.4 is 5.32 Å². The fourth-order valence-electron chi connectivity index (χ4n) is 2.82. The highest BCUT2D eigenvalue weighted by Crippen LogP contribution is 2.18. The summed E-state index contributed by atoms with van der Waals surface area (Å²) in [5.41, 5.74) is 2.76. The van der Waals surface area contributed by atoms with Crippen LogP contribution in [0.3, 0.4) is 0 Å². The van der Waals surface area contributed by atoms with Gasteiger partial charge in [0.2, 0.25) is 0 Å². The maximum atomic E-state index is 12.3. The van der Waals surface area contributed by atoms with E-state index in [9.17, 15) is 4.79 Å². The molecule has 0 saturated heterocycles. The van der Waals surface area contributed by atoms with Gasteiger partial charge in [-0.25, -0.2) is 0 Å². The summed E-state index contributed by atoms with van der Waals surface area (Å²) in [6, 6.07) is 28.6. The second-order valence-electron chi connectivity index (χ2n) is 6.64. The number of hydrogen-bond donors (Lipinski definition) is 2. The van der Waals surface area contributed by atoms with Gasteiger partial charge in [-0.1, -0.05) is 90.7 Å². The molecule has 0 aliphatic carbocycles. The van der Waals surface area contributed by atoms with Crippen molar-refractivity contribution < 1.29 is 4.79 Å². The standard InChI is InChI=1S/C26H23N3O/c1-29(26(27)28-25(30)20-18-22-13-7-3-8-14-22)24(23-15-9-4-10-16-23)19-17-21-11-5-2-6-12-21/h2-16,18,20,24H,1H3,(H2,27,28,30)/b20-18+. The number of hydrogen-bond acceptors (Lipinski definition) is 2. The van der Waals surface area contributed by atoms with Crippen molar-refractivity contribution in [3.63, 3.8) is 0 Å². The van der Waals surface area contributed by atoms with E-state index in [0.717, 1.165) is 16.7 Å². The van der Waals surface area contributed by atoms with Gasteiger partial charge in [0.1, 0.15) is 6.04 Å². The summed E-state index contributed by atoms with van der Waals surface area (Å²) in [5, 5.41) is 11.0. The summed E-state index contributed by atoms with van der Waals surface area (Å²) in [4.78, 5) is 13.9. The van der Waals surface area contributed by atoms with E-state index in [1.165, 1.54) is 6.08 Å². The van der Waals surface area contributed by atoms with Gasteiger partial charge in [-0.15, -0.1) is 0 Å². The summed E-state index contributed by atoms with van der Waals surface area (Å²) >= 11 is 0. The van der Waals surface area contributed by atoms with Crippen molar-refractivity contribution in [3.05, 3.63) is 114 Å². The van der Waals surface area contributed by atoms with Crippen LogP contribution in [-0.2, 0) is 4.79 Å². The predicted octanol–water partition coefficient (Wildman–Crippen LogP) is 4.48. The molecule has 3 rings (SSSR count). The molecular formula is C26H23N3O. The molecule has 4 nitrogen and oxygen atoms in total. The zero-order valence-electron chi connectivity index (χ0n) is 16.7. The van der Waals surface area contributed by atoms with Gasteiger partial charge in [0, 0.05) is 18.7 Å². The molecule has 0 saturated carbocycles. The zero-order valence-corrected chi connectivity index (χ0v) is 16.7. The van der Waals surface area contributed by atoms with Crippen molar-refractivity contribution in [2.24, 2.45) is 0 Å². The zero-order chi connectivity index (χ0) is 21.2. The number of nitrogens with one attached hydrogen (secondary N) is 2. The first-order valence-corrected chi connectivity index (χ1v) is 9.60. The SMILES string of the molecule is CN(C(=N)NC(=O)/C=C/c1ccccc1)C(C#Cc1ccccc1)c1ccccc1. The second-order valence-corrected chi connectivity index (χ2v) is 6.64. The molecule has 30 heavy (non-hydrogen) atoms. The van der Waals surface area contributed by atoms with Crippen LogP contribution in [0.5, 0.6) is 0 Å².